The monoisotopic (exact) mass is 518 g/mol. The molecule has 0 spiro atoms. The van der Waals surface area contributed by atoms with Crippen molar-refractivity contribution >= 4 is 56.4 Å². The normalized spacial score (nSPS) is 11.5. The fourth-order valence-corrected chi connectivity index (χ4v) is 6.55. The molecule has 0 atom stereocenters. The summed E-state index contributed by atoms with van der Waals surface area (Å²) >= 11 is 0. The molecule has 0 radical (unpaired) electrons. The molecule has 0 N–H and O–H groups in total. The van der Waals surface area contributed by atoms with Crippen LogP contribution in [0.3, 0.4) is 0 Å². The quantitative estimate of drug-likeness (QED) is 0.161. The van der Waals surface area contributed by atoms with Crippen molar-refractivity contribution in [2.24, 2.45) is 0 Å². The van der Waals surface area contributed by atoms with Gasteiger partial charge in [0, 0.05) is 0 Å². The van der Waals surface area contributed by atoms with E-state index >= 15 is 0 Å². The Labute approximate surface area is 240 Å². The number of rotatable bonds is 3. The van der Waals surface area contributed by atoms with E-state index in [0.29, 0.717) is 0 Å². The van der Waals surface area contributed by atoms with Crippen molar-refractivity contribution in [3.63, 3.8) is 0 Å². The van der Waals surface area contributed by atoms with Crippen LogP contribution in [0.5, 0.6) is 0 Å². The van der Waals surface area contributed by atoms with Crippen molar-refractivity contribution in [2.45, 2.75) is 0 Å². The van der Waals surface area contributed by atoms with Crippen LogP contribution in [0.4, 0.5) is 0 Å². The van der Waals surface area contributed by atoms with Gasteiger partial charge in [-0.05, 0) is 82.5 Å². The van der Waals surface area contributed by atoms with Crippen molar-refractivity contribution in [2.75, 3.05) is 0 Å². The summed E-state index contributed by atoms with van der Waals surface area (Å²) in [6.45, 7) is 0. The maximum Gasteiger partial charge on any atom is 0.139 e. The first-order valence-corrected chi connectivity index (χ1v) is 14.3. The average molecular weight is 518 g/mol. The standard InChI is InChI=1S/C40H27B/c41-32-22-23-37-38(25-32)40(31-21-16-26-8-1-2-10-30(26)24-31)36-14-6-5-13-35(36)39(37)29-19-17-28(18-20-29)34-15-7-11-27-9-3-4-12-33(27)34/h1-25H,41H2. The van der Waals surface area contributed by atoms with Crippen LogP contribution in [0, 0.1) is 0 Å². The Morgan fingerprint density at radius 2 is 0.878 bits per heavy atom. The number of hydrogen-bond acceptors (Lipinski definition) is 0. The molecule has 0 amide bonds. The average Bonchev–Trinajstić information content (AvgIpc) is 3.03. The Kier molecular flexibility index (Phi) is 5.50. The summed E-state index contributed by atoms with van der Waals surface area (Å²) in [5.41, 5.74) is 8.88. The smallest absolute Gasteiger partial charge is 0.0883 e. The number of fused-ring (bicyclic) bond motifs is 4. The molecule has 41 heavy (non-hydrogen) atoms. The van der Waals surface area contributed by atoms with Crippen LogP contribution < -0.4 is 5.46 Å². The van der Waals surface area contributed by atoms with E-state index in [2.05, 4.69) is 160 Å². The zero-order valence-corrected chi connectivity index (χ0v) is 22.9. The van der Waals surface area contributed by atoms with Gasteiger partial charge < -0.3 is 0 Å². The molecule has 0 bridgehead atoms. The summed E-state index contributed by atoms with van der Waals surface area (Å²) in [7, 11) is 2.19. The molecule has 8 aromatic rings. The van der Waals surface area contributed by atoms with Gasteiger partial charge in [0.15, 0.2) is 0 Å². The molecule has 8 aromatic carbocycles. The lowest BCUT2D eigenvalue weighted by Crippen LogP contribution is -2.02. The van der Waals surface area contributed by atoms with Gasteiger partial charge in [0.1, 0.15) is 7.85 Å². The molecule has 0 aliphatic heterocycles. The van der Waals surface area contributed by atoms with Gasteiger partial charge in [-0.1, -0.05) is 151 Å². The van der Waals surface area contributed by atoms with Gasteiger partial charge in [-0.15, -0.1) is 0 Å². The Bertz CT molecular complexity index is 2250. The Balaban J connectivity index is 1.38. The zero-order chi connectivity index (χ0) is 27.3. The molecular formula is C40H27B. The molecule has 0 fully saturated rings. The topological polar surface area (TPSA) is 0 Å². The first-order valence-electron chi connectivity index (χ1n) is 14.3. The number of benzene rings is 8. The van der Waals surface area contributed by atoms with Gasteiger partial charge in [0.05, 0.1) is 0 Å². The largest absolute Gasteiger partial charge is 0.139 e. The molecule has 0 aliphatic carbocycles. The molecule has 8 rings (SSSR count). The lowest BCUT2D eigenvalue weighted by molar-refractivity contribution is 1.63. The highest BCUT2D eigenvalue weighted by molar-refractivity contribution is 6.34. The molecule has 0 aromatic heterocycles. The minimum atomic E-state index is 1.24. The summed E-state index contributed by atoms with van der Waals surface area (Å²) in [6.07, 6.45) is 0. The molecule has 0 saturated carbocycles. The lowest BCUT2D eigenvalue weighted by atomic mass is 9.83. The lowest BCUT2D eigenvalue weighted by Gasteiger charge is -2.19. The molecule has 0 saturated heterocycles. The Morgan fingerprint density at radius 3 is 1.66 bits per heavy atom. The Morgan fingerprint density at radius 1 is 0.317 bits per heavy atom. The van der Waals surface area contributed by atoms with Gasteiger partial charge >= 0.3 is 0 Å². The maximum atomic E-state index is 2.36. The second-order valence-electron chi connectivity index (χ2n) is 11.0. The zero-order valence-electron chi connectivity index (χ0n) is 22.9. The molecule has 0 unspecified atom stereocenters. The fraction of sp³-hybridized carbons (Fsp3) is 0. The SMILES string of the molecule is Bc1ccc2c(-c3ccc(-c4cccc5ccccc45)cc3)c3ccccc3c(-c3ccc4ccccc4c3)c2c1. The van der Waals surface area contributed by atoms with Crippen LogP contribution >= 0.6 is 0 Å². The van der Waals surface area contributed by atoms with Crippen LogP contribution in [0.2, 0.25) is 0 Å². The van der Waals surface area contributed by atoms with Gasteiger partial charge in [-0.3, -0.25) is 0 Å². The first kappa shape index (κ1) is 23.7. The van der Waals surface area contributed by atoms with Crippen LogP contribution in [-0.4, -0.2) is 7.85 Å². The molecule has 0 aliphatic rings. The predicted octanol–water partition coefficient (Wildman–Crippen LogP) is 9.56. The maximum absolute atomic E-state index is 2.36. The Hall–Kier alpha value is -5.14. The summed E-state index contributed by atoms with van der Waals surface area (Å²) in [5.74, 6) is 0. The third-order valence-corrected chi connectivity index (χ3v) is 8.49. The molecule has 1 heteroatoms. The van der Waals surface area contributed by atoms with Crippen LogP contribution in [0.15, 0.2) is 152 Å². The van der Waals surface area contributed by atoms with E-state index in [1.807, 2.05) is 0 Å². The van der Waals surface area contributed by atoms with Crippen molar-refractivity contribution in [1.29, 1.82) is 0 Å². The molecule has 190 valence electrons. The van der Waals surface area contributed by atoms with Gasteiger partial charge in [0.25, 0.3) is 0 Å². The minimum Gasteiger partial charge on any atom is -0.0883 e. The fourth-order valence-electron chi connectivity index (χ4n) is 6.55. The van der Waals surface area contributed by atoms with Crippen molar-refractivity contribution < 1.29 is 0 Å². The van der Waals surface area contributed by atoms with E-state index < -0.39 is 0 Å². The highest BCUT2D eigenvalue weighted by Gasteiger charge is 2.17. The van der Waals surface area contributed by atoms with Gasteiger partial charge in [-0.25, -0.2) is 0 Å². The van der Waals surface area contributed by atoms with Crippen LogP contribution in [0.25, 0.3) is 76.5 Å². The van der Waals surface area contributed by atoms with Crippen LogP contribution in [-0.2, 0) is 0 Å². The highest BCUT2D eigenvalue weighted by Crippen LogP contribution is 2.44. The second kappa shape index (κ2) is 9.50. The third kappa shape index (κ3) is 3.93. The van der Waals surface area contributed by atoms with Gasteiger partial charge in [-0.2, -0.15) is 0 Å². The van der Waals surface area contributed by atoms with E-state index in [1.165, 1.54) is 81.9 Å². The van der Waals surface area contributed by atoms with E-state index in [1.54, 1.807) is 0 Å². The van der Waals surface area contributed by atoms with Crippen molar-refractivity contribution in [1.82, 2.24) is 0 Å². The second-order valence-corrected chi connectivity index (χ2v) is 11.0. The van der Waals surface area contributed by atoms with Crippen molar-refractivity contribution in [3.05, 3.63) is 152 Å². The van der Waals surface area contributed by atoms with E-state index in [9.17, 15) is 0 Å². The number of hydrogen-bond donors (Lipinski definition) is 0. The summed E-state index contributed by atoms with van der Waals surface area (Å²) in [5, 5.41) is 10.2. The third-order valence-electron chi connectivity index (χ3n) is 8.49. The molecule has 0 nitrogen and oxygen atoms in total. The summed E-state index contributed by atoms with van der Waals surface area (Å²) in [6, 6.07) is 55.7. The predicted molar refractivity (Wildman–Crippen MR) is 181 cm³/mol. The highest BCUT2D eigenvalue weighted by atomic mass is 14.2. The van der Waals surface area contributed by atoms with Crippen LogP contribution in [0.1, 0.15) is 0 Å². The van der Waals surface area contributed by atoms with E-state index in [0.717, 1.165) is 0 Å². The van der Waals surface area contributed by atoms with E-state index in [-0.39, 0.29) is 0 Å². The molecule has 0 heterocycles. The first-order chi connectivity index (χ1) is 20.2. The van der Waals surface area contributed by atoms with E-state index in [4.69, 9.17) is 0 Å². The van der Waals surface area contributed by atoms with Gasteiger partial charge in [0.2, 0.25) is 0 Å². The molecular weight excluding hydrogens is 491 g/mol. The van der Waals surface area contributed by atoms with Crippen molar-refractivity contribution in [3.8, 4) is 33.4 Å². The summed E-state index contributed by atoms with van der Waals surface area (Å²) < 4.78 is 0. The summed E-state index contributed by atoms with van der Waals surface area (Å²) in [4.78, 5) is 0. The minimum absolute atomic E-state index is 1.24.